The number of hydrogen-bond donors (Lipinski definition) is 1. The van der Waals surface area contributed by atoms with Crippen molar-refractivity contribution in [3.05, 3.63) is 0 Å². The second-order valence-corrected chi connectivity index (χ2v) is 3.05. The smallest absolute Gasteiger partial charge is 0.404 e. The number of carbonyl (C=O) groups excluding carboxylic acids is 1. The van der Waals surface area contributed by atoms with Crippen molar-refractivity contribution in [2.75, 3.05) is 6.61 Å². The summed E-state index contributed by atoms with van der Waals surface area (Å²) >= 11 is 0. The summed E-state index contributed by atoms with van der Waals surface area (Å²) in [5.74, 6) is 0.484. The molecule has 0 bridgehead atoms. The molecule has 1 amide bonds. The molecule has 0 spiro atoms. The SMILES string of the molecule is CCCCC(CC)COC(N)=O.[Ag]. The summed E-state index contributed by atoms with van der Waals surface area (Å²) in [5.41, 5.74) is 4.86. The van der Waals surface area contributed by atoms with Gasteiger partial charge in [-0.05, 0) is 12.3 Å². The standard InChI is InChI=1S/C9H19NO2.Ag/c1-3-5-6-8(4-2)7-12-9(10)11;/h8H,3-7H2,1-2H3,(H2,10,11);. The van der Waals surface area contributed by atoms with Gasteiger partial charge in [0.05, 0.1) is 6.61 Å². The van der Waals surface area contributed by atoms with Crippen LogP contribution in [0.15, 0.2) is 0 Å². The Labute approximate surface area is 95.9 Å². The molecule has 1 radical (unpaired) electrons. The molecule has 0 aliphatic carbocycles. The van der Waals surface area contributed by atoms with Crippen molar-refractivity contribution in [1.29, 1.82) is 0 Å². The third-order valence-corrected chi connectivity index (χ3v) is 2.00. The number of amides is 1. The summed E-state index contributed by atoms with van der Waals surface area (Å²) in [6.45, 7) is 4.73. The number of primary amides is 1. The fourth-order valence-electron chi connectivity index (χ4n) is 1.10. The van der Waals surface area contributed by atoms with E-state index in [-0.39, 0.29) is 22.4 Å². The Hall–Kier alpha value is 0.0103. The molecule has 0 fully saturated rings. The van der Waals surface area contributed by atoms with E-state index in [0.29, 0.717) is 12.5 Å². The minimum absolute atomic E-state index is 0. The van der Waals surface area contributed by atoms with Gasteiger partial charge in [0.25, 0.3) is 0 Å². The monoisotopic (exact) mass is 280 g/mol. The molecule has 0 rings (SSSR count). The van der Waals surface area contributed by atoms with Crippen molar-refractivity contribution in [1.82, 2.24) is 0 Å². The Kier molecular flexibility index (Phi) is 12.0. The van der Waals surface area contributed by atoms with Crippen LogP contribution in [0, 0.1) is 5.92 Å². The summed E-state index contributed by atoms with van der Waals surface area (Å²) in [6.07, 6.45) is 3.89. The Morgan fingerprint density at radius 2 is 2.08 bits per heavy atom. The van der Waals surface area contributed by atoms with Crippen LogP contribution >= 0.6 is 0 Å². The van der Waals surface area contributed by atoms with Crippen molar-refractivity contribution in [3.8, 4) is 0 Å². The van der Waals surface area contributed by atoms with E-state index >= 15 is 0 Å². The van der Waals surface area contributed by atoms with Gasteiger partial charge in [0.15, 0.2) is 0 Å². The first kappa shape index (κ1) is 15.5. The van der Waals surface area contributed by atoms with Crippen LogP contribution in [0.2, 0.25) is 0 Å². The van der Waals surface area contributed by atoms with Crippen LogP contribution in [-0.4, -0.2) is 12.7 Å². The molecule has 83 valence electrons. The van der Waals surface area contributed by atoms with Crippen molar-refractivity contribution in [2.24, 2.45) is 11.7 Å². The van der Waals surface area contributed by atoms with Gasteiger partial charge < -0.3 is 10.5 Å². The van der Waals surface area contributed by atoms with Crippen molar-refractivity contribution >= 4 is 6.09 Å². The van der Waals surface area contributed by atoms with Crippen LogP contribution in [0.25, 0.3) is 0 Å². The fourth-order valence-corrected chi connectivity index (χ4v) is 1.10. The number of unbranched alkanes of at least 4 members (excludes halogenated alkanes) is 1. The molecule has 0 saturated carbocycles. The van der Waals surface area contributed by atoms with E-state index < -0.39 is 6.09 Å². The second-order valence-electron chi connectivity index (χ2n) is 3.05. The first-order valence-electron chi connectivity index (χ1n) is 4.62. The minimum Gasteiger partial charge on any atom is -0.449 e. The number of rotatable bonds is 6. The molecule has 0 heterocycles. The molecule has 0 aliphatic rings. The zero-order valence-corrected chi connectivity index (χ0v) is 9.79. The summed E-state index contributed by atoms with van der Waals surface area (Å²) in [7, 11) is 0. The third-order valence-electron chi connectivity index (χ3n) is 2.00. The average Bonchev–Trinajstić information content (AvgIpc) is 2.05. The van der Waals surface area contributed by atoms with E-state index in [2.05, 4.69) is 13.8 Å². The van der Waals surface area contributed by atoms with Crippen LogP contribution in [0.4, 0.5) is 4.79 Å². The molecule has 4 heteroatoms. The number of hydrogen-bond acceptors (Lipinski definition) is 2. The van der Waals surface area contributed by atoms with Gasteiger partial charge in [-0.25, -0.2) is 4.79 Å². The summed E-state index contributed by atoms with van der Waals surface area (Å²) < 4.78 is 4.73. The largest absolute Gasteiger partial charge is 0.449 e. The Morgan fingerprint density at radius 3 is 2.46 bits per heavy atom. The van der Waals surface area contributed by atoms with Gasteiger partial charge in [-0.1, -0.05) is 33.1 Å². The molecule has 0 aromatic rings. The van der Waals surface area contributed by atoms with Crippen molar-refractivity contribution in [2.45, 2.75) is 39.5 Å². The van der Waals surface area contributed by atoms with Gasteiger partial charge in [-0.15, -0.1) is 0 Å². The van der Waals surface area contributed by atoms with Gasteiger partial charge in [0, 0.05) is 22.4 Å². The van der Waals surface area contributed by atoms with E-state index in [4.69, 9.17) is 10.5 Å². The third kappa shape index (κ3) is 9.93. The van der Waals surface area contributed by atoms with Crippen molar-refractivity contribution in [3.63, 3.8) is 0 Å². The van der Waals surface area contributed by atoms with Gasteiger partial charge in [-0.3, -0.25) is 0 Å². The first-order chi connectivity index (χ1) is 5.70. The van der Waals surface area contributed by atoms with Crippen molar-refractivity contribution < 1.29 is 31.9 Å². The van der Waals surface area contributed by atoms with Gasteiger partial charge in [0.2, 0.25) is 0 Å². The molecule has 0 saturated heterocycles. The normalized spacial score (nSPS) is 11.5. The maximum atomic E-state index is 10.3. The van der Waals surface area contributed by atoms with E-state index in [0.717, 1.165) is 12.8 Å². The van der Waals surface area contributed by atoms with E-state index in [1.807, 2.05) is 0 Å². The first-order valence-corrected chi connectivity index (χ1v) is 4.62. The minimum atomic E-state index is -0.662. The molecule has 2 N–H and O–H groups in total. The number of nitrogens with two attached hydrogens (primary N) is 1. The topological polar surface area (TPSA) is 52.3 Å². The van der Waals surface area contributed by atoms with Gasteiger partial charge in [0.1, 0.15) is 0 Å². The molecular formula is C9H19AgNO2. The quantitative estimate of drug-likeness (QED) is 0.759. The molecule has 13 heavy (non-hydrogen) atoms. The van der Waals surface area contributed by atoms with E-state index in [1.54, 1.807) is 0 Å². The number of carbonyl (C=O) groups is 1. The predicted molar refractivity (Wildman–Crippen MR) is 48.8 cm³/mol. The van der Waals surface area contributed by atoms with Crippen LogP contribution in [0.1, 0.15) is 39.5 Å². The zero-order valence-electron chi connectivity index (χ0n) is 8.31. The number of ether oxygens (including phenoxy) is 1. The second kappa shape index (κ2) is 10.1. The zero-order chi connectivity index (χ0) is 9.40. The Balaban J connectivity index is 0. The Bertz CT molecular complexity index is 131. The average molecular weight is 281 g/mol. The maximum absolute atomic E-state index is 10.3. The van der Waals surface area contributed by atoms with Crippen LogP contribution < -0.4 is 5.73 Å². The van der Waals surface area contributed by atoms with Crippen LogP contribution in [0.5, 0.6) is 0 Å². The summed E-state index contributed by atoms with van der Waals surface area (Å²) in [5, 5.41) is 0. The van der Waals surface area contributed by atoms with Gasteiger partial charge >= 0.3 is 6.09 Å². The van der Waals surface area contributed by atoms with E-state index in [9.17, 15) is 4.79 Å². The fraction of sp³-hybridized carbons (Fsp3) is 0.889. The maximum Gasteiger partial charge on any atom is 0.404 e. The van der Waals surface area contributed by atoms with E-state index in [1.165, 1.54) is 12.8 Å². The van der Waals surface area contributed by atoms with Crippen LogP contribution in [0.3, 0.4) is 0 Å². The molecule has 3 nitrogen and oxygen atoms in total. The predicted octanol–water partition coefficient (Wildman–Crippen LogP) is 2.30. The summed E-state index contributed by atoms with van der Waals surface area (Å²) in [4.78, 5) is 10.3. The molecule has 0 aromatic heterocycles. The van der Waals surface area contributed by atoms with Crippen LogP contribution in [-0.2, 0) is 27.1 Å². The molecule has 0 aromatic carbocycles. The van der Waals surface area contributed by atoms with Gasteiger partial charge in [-0.2, -0.15) is 0 Å². The molecular weight excluding hydrogens is 262 g/mol. The molecule has 1 unspecified atom stereocenters. The molecule has 1 atom stereocenters. The molecule has 0 aliphatic heterocycles. The Morgan fingerprint density at radius 1 is 1.46 bits per heavy atom. The summed E-state index contributed by atoms with van der Waals surface area (Å²) in [6, 6.07) is 0.